The molecule has 0 aromatic rings. The quantitative estimate of drug-likeness (QED) is 0.815. The molecule has 0 aromatic carbocycles. The number of amides is 1. The Morgan fingerprint density at radius 2 is 2.39 bits per heavy atom. The molecule has 1 saturated heterocycles. The third-order valence-corrected chi connectivity index (χ3v) is 4.04. The first-order valence-corrected chi connectivity index (χ1v) is 6.59. The standard InChI is InChI=1S/C15H15NO2/c17-15(16-8-10-2-1-5-18-10)12-4-3-11-13-6-9(13)7-14(11)12/h3-4,6-7,10,13H,1-2,5,8H2,(H,16,17)/t10-,13?/m0/s1. The Labute approximate surface area is 106 Å². The van der Waals surface area contributed by atoms with Crippen molar-refractivity contribution >= 4 is 5.91 Å². The van der Waals surface area contributed by atoms with E-state index in [2.05, 4.69) is 23.5 Å². The molecule has 1 heterocycles. The summed E-state index contributed by atoms with van der Waals surface area (Å²) in [6, 6.07) is 0. The molecule has 92 valence electrons. The second-order valence-corrected chi connectivity index (χ2v) is 5.25. The van der Waals surface area contributed by atoms with E-state index in [4.69, 9.17) is 4.74 Å². The minimum Gasteiger partial charge on any atom is -0.376 e. The van der Waals surface area contributed by atoms with E-state index < -0.39 is 0 Å². The van der Waals surface area contributed by atoms with Gasteiger partial charge in [-0.1, -0.05) is 12.2 Å². The number of ether oxygens (including phenoxy) is 1. The van der Waals surface area contributed by atoms with Crippen molar-refractivity contribution < 1.29 is 9.53 Å². The highest BCUT2D eigenvalue weighted by molar-refractivity contribution is 6.02. The highest BCUT2D eigenvalue weighted by Crippen LogP contribution is 2.51. The van der Waals surface area contributed by atoms with Crippen LogP contribution in [0.15, 0.2) is 46.6 Å². The lowest BCUT2D eigenvalue weighted by molar-refractivity contribution is -0.117. The van der Waals surface area contributed by atoms with Crippen molar-refractivity contribution in [1.29, 1.82) is 0 Å². The number of hydrogen-bond donors (Lipinski definition) is 1. The van der Waals surface area contributed by atoms with Gasteiger partial charge < -0.3 is 10.1 Å². The van der Waals surface area contributed by atoms with Crippen molar-refractivity contribution in [3.63, 3.8) is 0 Å². The Morgan fingerprint density at radius 1 is 1.44 bits per heavy atom. The van der Waals surface area contributed by atoms with Crippen LogP contribution >= 0.6 is 0 Å². The van der Waals surface area contributed by atoms with E-state index in [0.717, 1.165) is 30.6 Å². The van der Waals surface area contributed by atoms with Gasteiger partial charge in [0.15, 0.2) is 0 Å². The average molecular weight is 241 g/mol. The summed E-state index contributed by atoms with van der Waals surface area (Å²) in [4.78, 5) is 12.1. The van der Waals surface area contributed by atoms with Crippen molar-refractivity contribution in [1.82, 2.24) is 5.32 Å². The molecule has 0 saturated carbocycles. The second-order valence-electron chi connectivity index (χ2n) is 5.25. The maximum atomic E-state index is 12.1. The smallest absolute Gasteiger partial charge is 0.251 e. The number of rotatable bonds is 3. The Morgan fingerprint density at radius 3 is 3.22 bits per heavy atom. The fraction of sp³-hybridized carbons (Fsp3) is 0.400. The summed E-state index contributed by atoms with van der Waals surface area (Å²) >= 11 is 0. The fourth-order valence-electron chi connectivity index (χ4n) is 2.96. The summed E-state index contributed by atoms with van der Waals surface area (Å²) < 4.78 is 5.51. The first kappa shape index (κ1) is 10.3. The molecular weight excluding hydrogens is 226 g/mol. The summed E-state index contributed by atoms with van der Waals surface area (Å²) in [6.07, 6.45) is 10.8. The molecule has 1 amide bonds. The van der Waals surface area contributed by atoms with Crippen LogP contribution in [0.5, 0.6) is 0 Å². The Kier molecular flexibility index (Phi) is 2.12. The molecule has 4 rings (SSSR count). The maximum Gasteiger partial charge on any atom is 0.251 e. The predicted octanol–water partition coefficient (Wildman–Crippen LogP) is 1.64. The van der Waals surface area contributed by atoms with E-state index >= 15 is 0 Å². The van der Waals surface area contributed by atoms with E-state index in [-0.39, 0.29) is 12.0 Å². The first-order valence-electron chi connectivity index (χ1n) is 6.59. The number of carbonyl (C=O) groups is 1. The maximum absolute atomic E-state index is 12.1. The Hall–Kier alpha value is -1.61. The first-order chi connectivity index (χ1) is 8.83. The normalized spacial score (nSPS) is 31.1. The van der Waals surface area contributed by atoms with Crippen LogP contribution in [0.2, 0.25) is 0 Å². The van der Waals surface area contributed by atoms with Gasteiger partial charge in [0.05, 0.1) is 6.10 Å². The molecule has 1 N–H and O–H groups in total. The topological polar surface area (TPSA) is 38.3 Å². The number of carbonyl (C=O) groups excluding carboxylic acids is 1. The van der Waals surface area contributed by atoms with Crippen LogP contribution in [0.1, 0.15) is 12.8 Å². The van der Waals surface area contributed by atoms with Gasteiger partial charge in [0.2, 0.25) is 0 Å². The van der Waals surface area contributed by atoms with Crippen LogP contribution in [-0.4, -0.2) is 25.2 Å². The molecule has 0 spiro atoms. The van der Waals surface area contributed by atoms with Gasteiger partial charge in [-0.05, 0) is 41.7 Å². The largest absolute Gasteiger partial charge is 0.376 e. The zero-order chi connectivity index (χ0) is 12.1. The lowest BCUT2D eigenvalue weighted by atomic mass is 10.0. The number of allylic oxidation sites excluding steroid dienone is 6. The Bertz CT molecular complexity index is 545. The molecule has 0 bridgehead atoms. The molecule has 2 atom stereocenters. The van der Waals surface area contributed by atoms with Gasteiger partial charge in [0, 0.05) is 24.6 Å². The molecule has 18 heavy (non-hydrogen) atoms. The molecule has 0 radical (unpaired) electrons. The number of nitrogens with one attached hydrogen (secondary N) is 1. The van der Waals surface area contributed by atoms with E-state index in [1.807, 2.05) is 6.08 Å². The van der Waals surface area contributed by atoms with Crippen molar-refractivity contribution in [3.05, 3.63) is 46.6 Å². The van der Waals surface area contributed by atoms with Gasteiger partial charge in [-0.25, -0.2) is 0 Å². The molecule has 3 nitrogen and oxygen atoms in total. The third-order valence-electron chi connectivity index (χ3n) is 4.04. The summed E-state index contributed by atoms with van der Waals surface area (Å²) in [7, 11) is 0. The molecule has 1 fully saturated rings. The SMILES string of the molecule is O=C(NC[C@@H]1CCCO1)C1=CC=C2C1=CC1=CC12. The summed E-state index contributed by atoms with van der Waals surface area (Å²) in [5.74, 6) is 0.546. The van der Waals surface area contributed by atoms with E-state index in [1.165, 1.54) is 11.1 Å². The average Bonchev–Trinajstić information content (AvgIpc) is 2.81. The summed E-state index contributed by atoms with van der Waals surface area (Å²) in [6.45, 7) is 1.46. The molecule has 1 unspecified atom stereocenters. The van der Waals surface area contributed by atoms with Gasteiger partial charge in [0.25, 0.3) is 5.91 Å². The monoisotopic (exact) mass is 241 g/mol. The van der Waals surface area contributed by atoms with Crippen molar-refractivity contribution in [3.8, 4) is 0 Å². The lowest BCUT2D eigenvalue weighted by Gasteiger charge is -2.12. The molecule has 0 aromatic heterocycles. The predicted molar refractivity (Wildman–Crippen MR) is 67.8 cm³/mol. The van der Waals surface area contributed by atoms with Gasteiger partial charge in [-0.2, -0.15) is 0 Å². The summed E-state index contributed by atoms with van der Waals surface area (Å²) in [5, 5.41) is 2.98. The third kappa shape index (κ3) is 1.51. The van der Waals surface area contributed by atoms with Crippen LogP contribution in [0.3, 0.4) is 0 Å². The van der Waals surface area contributed by atoms with Crippen LogP contribution in [0.4, 0.5) is 0 Å². The lowest BCUT2D eigenvalue weighted by Crippen LogP contribution is -2.32. The fourth-order valence-corrected chi connectivity index (χ4v) is 2.96. The molecule has 4 aliphatic rings. The highest BCUT2D eigenvalue weighted by atomic mass is 16.5. The molecule has 3 aliphatic carbocycles. The van der Waals surface area contributed by atoms with Crippen LogP contribution in [0.25, 0.3) is 0 Å². The zero-order valence-corrected chi connectivity index (χ0v) is 10.1. The van der Waals surface area contributed by atoms with Crippen molar-refractivity contribution in [2.45, 2.75) is 18.9 Å². The van der Waals surface area contributed by atoms with Crippen LogP contribution in [0, 0.1) is 5.92 Å². The zero-order valence-electron chi connectivity index (χ0n) is 10.1. The van der Waals surface area contributed by atoms with Gasteiger partial charge >= 0.3 is 0 Å². The summed E-state index contributed by atoms with van der Waals surface area (Å²) in [5.41, 5.74) is 4.61. The van der Waals surface area contributed by atoms with Crippen LogP contribution in [-0.2, 0) is 9.53 Å². The van der Waals surface area contributed by atoms with Crippen LogP contribution < -0.4 is 5.32 Å². The van der Waals surface area contributed by atoms with Crippen molar-refractivity contribution in [2.75, 3.05) is 13.2 Å². The molecule has 1 aliphatic heterocycles. The number of hydrogen-bond acceptors (Lipinski definition) is 2. The highest BCUT2D eigenvalue weighted by Gasteiger charge is 2.39. The molecule has 3 heteroatoms. The van der Waals surface area contributed by atoms with E-state index in [9.17, 15) is 4.79 Å². The second kappa shape index (κ2) is 3.69. The minimum atomic E-state index is 0.0323. The van der Waals surface area contributed by atoms with Gasteiger partial charge in [0.1, 0.15) is 0 Å². The van der Waals surface area contributed by atoms with Gasteiger partial charge in [-0.3, -0.25) is 4.79 Å². The van der Waals surface area contributed by atoms with E-state index in [0.29, 0.717) is 12.5 Å². The minimum absolute atomic E-state index is 0.0323. The Balaban J connectivity index is 1.40. The van der Waals surface area contributed by atoms with E-state index in [1.54, 1.807) is 0 Å². The number of fused-ring (bicyclic) bond motifs is 3. The van der Waals surface area contributed by atoms with Crippen molar-refractivity contribution in [2.24, 2.45) is 5.92 Å². The van der Waals surface area contributed by atoms with Gasteiger partial charge in [-0.15, -0.1) is 0 Å². The molecular formula is C15H15NO2.